The van der Waals surface area contributed by atoms with Crippen molar-refractivity contribution in [3.05, 3.63) is 101 Å². The number of halogens is 3. The minimum absolute atomic E-state index is 0.0856. The van der Waals surface area contributed by atoms with Crippen molar-refractivity contribution in [1.82, 2.24) is 15.3 Å². The van der Waals surface area contributed by atoms with Crippen LogP contribution in [0.4, 0.5) is 18.9 Å². The molecule has 2 heterocycles. The van der Waals surface area contributed by atoms with Crippen LogP contribution in [0.5, 0.6) is 0 Å². The molecular formula is C26H23F3N4O. The molecule has 1 aromatic heterocycles. The Morgan fingerprint density at radius 1 is 1.06 bits per heavy atom. The number of carbonyl (C=O) groups is 1. The lowest BCUT2D eigenvalue weighted by Gasteiger charge is -2.30. The Bertz CT molecular complexity index is 1290. The van der Waals surface area contributed by atoms with Crippen molar-refractivity contribution in [2.45, 2.75) is 25.3 Å². The van der Waals surface area contributed by atoms with Crippen molar-refractivity contribution in [3.8, 4) is 0 Å². The van der Waals surface area contributed by atoms with Gasteiger partial charge in [-0.15, -0.1) is 0 Å². The second-order valence-corrected chi connectivity index (χ2v) is 8.69. The number of anilines is 1. The SMILES string of the molecule is Cc1c(F)cc(C(=O)NC2(c3ccccn3)CC2)cc1C1=C(F)CN(c2ccc(F)cc2)N1C. The van der Waals surface area contributed by atoms with Gasteiger partial charge < -0.3 is 5.32 Å². The maximum Gasteiger partial charge on any atom is 0.252 e. The number of rotatable bonds is 5. The Labute approximate surface area is 195 Å². The molecule has 0 saturated heterocycles. The van der Waals surface area contributed by atoms with Gasteiger partial charge in [-0.1, -0.05) is 6.07 Å². The van der Waals surface area contributed by atoms with E-state index in [2.05, 4.69) is 10.3 Å². The van der Waals surface area contributed by atoms with E-state index in [1.165, 1.54) is 24.3 Å². The summed E-state index contributed by atoms with van der Waals surface area (Å²) < 4.78 is 43.4. The smallest absolute Gasteiger partial charge is 0.252 e. The molecule has 174 valence electrons. The van der Waals surface area contributed by atoms with Crippen LogP contribution in [0.25, 0.3) is 5.70 Å². The lowest BCUT2D eigenvalue weighted by atomic mass is 10.00. The Hall–Kier alpha value is -3.81. The molecule has 8 heteroatoms. The summed E-state index contributed by atoms with van der Waals surface area (Å²) in [5.41, 5.74) is 1.59. The minimum atomic E-state index is -0.598. The van der Waals surface area contributed by atoms with E-state index in [-0.39, 0.29) is 28.9 Å². The van der Waals surface area contributed by atoms with Crippen molar-refractivity contribution in [2.24, 2.45) is 0 Å². The predicted octanol–water partition coefficient (Wildman–Crippen LogP) is 5.09. The van der Waals surface area contributed by atoms with Gasteiger partial charge in [-0.05, 0) is 73.9 Å². The summed E-state index contributed by atoms with van der Waals surface area (Å²) in [6.07, 6.45) is 3.15. The van der Waals surface area contributed by atoms with Gasteiger partial charge in [0, 0.05) is 24.4 Å². The average molecular weight is 464 g/mol. The topological polar surface area (TPSA) is 48.5 Å². The molecule has 1 N–H and O–H groups in total. The molecule has 1 amide bonds. The maximum atomic E-state index is 15.2. The van der Waals surface area contributed by atoms with Crippen molar-refractivity contribution in [3.63, 3.8) is 0 Å². The highest BCUT2D eigenvalue weighted by atomic mass is 19.1. The van der Waals surface area contributed by atoms with E-state index in [1.54, 1.807) is 48.4 Å². The van der Waals surface area contributed by atoms with E-state index < -0.39 is 28.9 Å². The van der Waals surface area contributed by atoms with Crippen LogP contribution >= 0.6 is 0 Å². The van der Waals surface area contributed by atoms with E-state index in [4.69, 9.17) is 0 Å². The summed E-state index contributed by atoms with van der Waals surface area (Å²) in [4.78, 5) is 17.5. The number of pyridine rings is 1. The molecule has 5 rings (SSSR count). The van der Waals surface area contributed by atoms with Crippen molar-refractivity contribution in [2.75, 3.05) is 18.6 Å². The number of hydrogen-bond acceptors (Lipinski definition) is 4. The molecule has 5 nitrogen and oxygen atoms in total. The summed E-state index contributed by atoms with van der Waals surface area (Å²) in [5, 5.41) is 6.17. The molecule has 1 saturated carbocycles. The molecule has 0 spiro atoms. The van der Waals surface area contributed by atoms with Crippen LogP contribution in [0.2, 0.25) is 0 Å². The number of amides is 1. The third-order valence-corrected chi connectivity index (χ3v) is 6.48. The van der Waals surface area contributed by atoms with Crippen LogP contribution in [0, 0.1) is 18.6 Å². The molecule has 2 aliphatic rings. The van der Waals surface area contributed by atoms with E-state index in [1.807, 2.05) is 12.1 Å². The standard InChI is InChI=1S/C26H23F3N4O/c1-16-20(24-22(29)15-33(32(24)2)19-8-6-18(27)7-9-19)13-17(14-21(16)28)25(34)31-26(10-11-26)23-5-3-4-12-30-23/h3-9,12-14H,10-11,15H2,1-2H3,(H,31,34). The highest BCUT2D eigenvalue weighted by Crippen LogP contribution is 2.45. The molecule has 1 aliphatic carbocycles. The predicted molar refractivity (Wildman–Crippen MR) is 123 cm³/mol. The zero-order valence-corrected chi connectivity index (χ0v) is 18.8. The minimum Gasteiger partial charge on any atom is -0.341 e. The summed E-state index contributed by atoms with van der Waals surface area (Å²) >= 11 is 0. The van der Waals surface area contributed by atoms with Crippen molar-refractivity contribution in [1.29, 1.82) is 0 Å². The van der Waals surface area contributed by atoms with Gasteiger partial charge in [0.05, 0.1) is 29.2 Å². The quantitative estimate of drug-likeness (QED) is 0.571. The van der Waals surface area contributed by atoms with E-state index in [0.29, 0.717) is 5.69 Å². The highest BCUT2D eigenvalue weighted by molar-refractivity contribution is 5.96. The summed E-state index contributed by atoms with van der Waals surface area (Å²) in [5.74, 6) is -1.91. The van der Waals surface area contributed by atoms with Gasteiger partial charge in [0.25, 0.3) is 5.91 Å². The average Bonchev–Trinajstić information content (AvgIpc) is 3.55. The first kappa shape index (κ1) is 22.0. The van der Waals surface area contributed by atoms with Gasteiger partial charge >= 0.3 is 0 Å². The number of aromatic nitrogens is 1. The highest BCUT2D eigenvalue weighted by Gasteiger charge is 2.47. The Kier molecular flexibility index (Phi) is 5.31. The van der Waals surface area contributed by atoms with Crippen molar-refractivity contribution < 1.29 is 18.0 Å². The van der Waals surface area contributed by atoms with Crippen LogP contribution in [-0.2, 0) is 5.54 Å². The van der Waals surface area contributed by atoms with Gasteiger partial charge in [-0.2, -0.15) is 0 Å². The Morgan fingerprint density at radius 3 is 2.44 bits per heavy atom. The maximum absolute atomic E-state index is 15.2. The fraction of sp³-hybridized carbons (Fsp3) is 0.231. The fourth-order valence-electron chi connectivity index (χ4n) is 4.37. The fourth-order valence-corrected chi connectivity index (χ4v) is 4.37. The number of hydrogen-bond donors (Lipinski definition) is 1. The van der Waals surface area contributed by atoms with Gasteiger partial charge in [0.2, 0.25) is 0 Å². The van der Waals surface area contributed by atoms with E-state index in [0.717, 1.165) is 18.5 Å². The number of nitrogens with zero attached hydrogens (tertiary/aromatic N) is 3. The molecule has 1 aliphatic heterocycles. The first-order valence-corrected chi connectivity index (χ1v) is 11.0. The second-order valence-electron chi connectivity index (χ2n) is 8.69. The number of carbonyl (C=O) groups excluding carboxylic acids is 1. The molecule has 0 bridgehead atoms. The lowest BCUT2D eigenvalue weighted by Crippen LogP contribution is -2.36. The van der Waals surface area contributed by atoms with E-state index >= 15 is 4.39 Å². The number of hydrazine groups is 1. The van der Waals surface area contributed by atoms with Crippen LogP contribution < -0.4 is 10.3 Å². The third kappa shape index (κ3) is 3.79. The first-order chi connectivity index (χ1) is 16.3. The lowest BCUT2D eigenvalue weighted by molar-refractivity contribution is 0.0929. The summed E-state index contributed by atoms with van der Waals surface area (Å²) in [6.45, 7) is 1.47. The van der Waals surface area contributed by atoms with Crippen molar-refractivity contribution >= 4 is 17.3 Å². The van der Waals surface area contributed by atoms with Gasteiger partial charge in [0.15, 0.2) is 0 Å². The summed E-state index contributed by atoms with van der Waals surface area (Å²) in [7, 11) is 1.65. The molecule has 3 aromatic rings. The van der Waals surface area contributed by atoms with Gasteiger partial charge in [0.1, 0.15) is 17.5 Å². The second kappa shape index (κ2) is 8.20. The molecule has 0 unspecified atom stereocenters. The molecule has 34 heavy (non-hydrogen) atoms. The van der Waals surface area contributed by atoms with Crippen LogP contribution in [-0.4, -0.2) is 29.5 Å². The number of benzene rings is 2. The van der Waals surface area contributed by atoms with Gasteiger partial charge in [-0.3, -0.25) is 19.8 Å². The first-order valence-electron chi connectivity index (χ1n) is 11.0. The van der Waals surface area contributed by atoms with E-state index in [9.17, 15) is 13.6 Å². The Morgan fingerprint density at radius 2 is 1.79 bits per heavy atom. The third-order valence-electron chi connectivity index (χ3n) is 6.48. The largest absolute Gasteiger partial charge is 0.341 e. The summed E-state index contributed by atoms with van der Waals surface area (Å²) in [6, 6.07) is 13.9. The molecule has 0 atom stereocenters. The van der Waals surface area contributed by atoms with Crippen LogP contribution in [0.1, 0.15) is 40.0 Å². The van der Waals surface area contributed by atoms with Gasteiger partial charge in [-0.25, -0.2) is 13.2 Å². The monoisotopic (exact) mass is 464 g/mol. The van der Waals surface area contributed by atoms with Crippen LogP contribution in [0.15, 0.2) is 66.6 Å². The molecule has 1 fully saturated rings. The zero-order chi connectivity index (χ0) is 24.0. The number of nitrogens with one attached hydrogen (secondary N) is 1. The molecule has 2 aromatic carbocycles. The Balaban J connectivity index is 1.45. The molecule has 0 radical (unpaired) electrons. The van der Waals surface area contributed by atoms with Crippen LogP contribution in [0.3, 0.4) is 0 Å². The zero-order valence-electron chi connectivity index (χ0n) is 18.8. The molecular weight excluding hydrogens is 441 g/mol. The normalized spacial score (nSPS) is 16.7.